The molecule has 0 spiro atoms. The van der Waals surface area contributed by atoms with Crippen molar-refractivity contribution in [1.29, 1.82) is 0 Å². The van der Waals surface area contributed by atoms with E-state index in [0.29, 0.717) is 22.4 Å². The van der Waals surface area contributed by atoms with Crippen molar-refractivity contribution in [3.05, 3.63) is 65.3 Å². The van der Waals surface area contributed by atoms with Crippen molar-refractivity contribution >= 4 is 33.2 Å². The third-order valence-electron chi connectivity index (χ3n) is 3.77. The smallest absolute Gasteiger partial charge is 0.231 e. The summed E-state index contributed by atoms with van der Waals surface area (Å²) >= 11 is 7.55. The molecule has 0 unspecified atom stereocenters. The monoisotopic (exact) mass is 368 g/mol. The van der Waals surface area contributed by atoms with Gasteiger partial charge in [0.05, 0.1) is 12.5 Å². The van der Waals surface area contributed by atoms with Gasteiger partial charge >= 0.3 is 0 Å². The molecule has 0 atom stereocenters. The molecule has 0 radical (unpaired) electrons. The van der Waals surface area contributed by atoms with E-state index in [-0.39, 0.29) is 0 Å². The lowest BCUT2D eigenvalue weighted by atomic mass is 10.1. The number of methoxy groups -OCH3 is 1. The molecule has 6 heteroatoms. The Balaban J connectivity index is 1.84. The second-order valence-electron chi connectivity index (χ2n) is 5.27. The number of hydrogen-bond donors (Lipinski definition) is 0. The summed E-state index contributed by atoms with van der Waals surface area (Å²) < 4.78 is 11.4. The summed E-state index contributed by atoms with van der Waals surface area (Å²) in [5, 5.41) is 3.63. The lowest BCUT2D eigenvalue weighted by Gasteiger charge is -2.10. The van der Waals surface area contributed by atoms with Crippen LogP contribution >= 0.6 is 22.9 Å². The summed E-state index contributed by atoms with van der Waals surface area (Å²) in [5.74, 6) is 1.76. The van der Waals surface area contributed by atoms with Crippen molar-refractivity contribution < 1.29 is 9.47 Å². The minimum atomic E-state index is 0.501. The molecule has 2 aromatic carbocycles. The molecule has 25 heavy (non-hydrogen) atoms. The average Bonchev–Trinajstić information content (AvgIpc) is 3.08. The maximum Gasteiger partial charge on any atom is 0.231 e. The lowest BCUT2D eigenvalue weighted by molar-refractivity contribution is 0.375. The molecular weight excluding hydrogens is 356 g/mol. The quantitative estimate of drug-likeness (QED) is 0.455. The summed E-state index contributed by atoms with van der Waals surface area (Å²) in [6, 6.07) is 15.2. The predicted molar refractivity (Wildman–Crippen MR) is 101 cm³/mol. The summed E-state index contributed by atoms with van der Waals surface area (Å²) in [5.41, 5.74) is 2.05. The molecule has 2 aromatic heterocycles. The molecule has 0 amide bonds. The van der Waals surface area contributed by atoms with Gasteiger partial charge in [0, 0.05) is 16.0 Å². The first-order valence-electron chi connectivity index (χ1n) is 7.55. The number of halogens is 1. The number of fused-ring (bicyclic) bond motifs is 1. The van der Waals surface area contributed by atoms with Crippen LogP contribution in [0.3, 0.4) is 0 Å². The van der Waals surface area contributed by atoms with Crippen LogP contribution in [0.25, 0.3) is 21.3 Å². The number of para-hydroxylation sites is 2. The first-order chi connectivity index (χ1) is 12.3. The number of benzene rings is 2. The molecule has 4 aromatic rings. The van der Waals surface area contributed by atoms with Gasteiger partial charge in [0.1, 0.15) is 11.2 Å². The third-order valence-corrected chi connectivity index (χ3v) is 4.90. The van der Waals surface area contributed by atoms with Gasteiger partial charge in [-0.2, -0.15) is 0 Å². The maximum absolute atomic E-state index is 6.06. The Morgan fingerprint density at radius 1 is 0.960 bits per heavy atom. The van der Waals surface area contributed by atoms with Crippen molar-refractivity contribution in [3.8, 4) is 28.5 Å². The van der Waals surface area contributed by atoms with Crippen molar-refractivity contribution in [2.75, 3.05) is 7.11 Å². The zero-order valence-electron chi connectivity index (χ0n) is 13.3. The zero-order chi connectivity index (χ0) is 17.2. The molecule has 0 saturated heterocycles. The Kier molecular flexibility index (Phi) is 4.26. The van der Waals surface area contributed by atoms with Crippen LogP contribution in [-0.2, 0) is 0 Å². The Hall–Kier alpha value is -2.63. The molecule has 0 aliphatic heterocycles. The van der Waals surface area contributed by atoms with Gasteiger partial charge in [-0.1, -0.05) is 35.9 Å². The minimum Gasteiger partial charge on any atom is -0.493 e. The number of aromatic nitrogens is 2. The van der Waals surface area contributed by atoms with E-state index < -0.39 is 0 Å². The Bertz CT molecular complexity index is 1030. The highest BCUT2D eigenvalue weighted by Crippen LogP contribution is 2.40. The summed E-state index contributed by atoms with van der Waals surface area (Å²) in [7, 11) is 1.61. The standard InChI is InChI=1S/C19H13ClN2O2S/c1-23-15-4-2-3-5-16(15)24-18-17-14(10-25-19(17)22-11-21-18)12-6-8-13(20)9-7-12/h2-11H,1H3. The van der Waals surface area contributed by atoms with Crippen LogP contribution in [0.15, 0.2) is 60.2 Å². The lowest BCUT2D eigenvalue weighted by Crippen LogP contribution is -1.93. The highest BCUT2D eigenvalue weighted by Gasteiger charge is 2.16. The van der Waals surface area contributed by atoms with Gasteiger partial charge in [0.25, 0.3) is 0 Å². The topological polar surface area (TPSA) is 44.2 Å². The summed E-state index contributed by atoms with van der Waals surface area (Å²) in [6.07, 6.45) is 1.51. The fraction of sp³-hybridized carbons (Fsp3) is 0.0526. The van der Waals surface area contributed by atoms with Crippen LogP contribution < -0.4 is 9.47 Å². The van der Waals surface area contributed by atoms with E-state index in [9.17, 15) is 0 Å². The Labute approximate surface area is 153 Å². The molecule has 0 N–H and O–H groups in total. The van der Waals surface area contributed by atoms with Crippen LogP contribution in [0.1, 0.15) is 0 Å². The van der Waals surface area contributed by atoms with Crippen LogP contribution in [-0.4, -0.2) is 17.1 Å². The SMILES string of the molecule is COc1ccccc1Oc1ncnc2scc(-c3ccc(Cl)cc3)c12. The van der Waals surface area contributed by atoms with E-state index in [2.05, 4.69) is 15.3 Å². The highest BCUT2D eigenvalue weighted by molar-refractivity contribution is 7.17. The number of thiophene rings is 1. The van der Waals surface area contributed by atoms with E-state index in [1.54, 1.807) is 18.4 Å². The van der Waals surface area contributed by atoms with Gasteiger partial charge in [-0.15, -0.1) is 11.3 Å². The van der Waals surface area contributed by atoms with Crippen LogP contribution in [0, 0.1) is 0 Å². The zero-order valence-corrected chi connectivity index (χ0v) is 14.8. The number of nitrogens with zero attached hydrogens (tertiary/aromatic N) is 2. The van der Waals surface area contributed by atoms with Gasteiger partial charge in [-0.05, 0) is 29.8 Å². The van der Waals surface area contributed by atoms with E-state index in [0.717, 1.165) is 21.3 Å². The highest BCUT2D eigenvalue weighted by atomic mass is 35.5. The average molecular weight is 369 g/mol. The van der Waals surface area contributed by atoms with Gasteiger partial charge in [-0.3, -0.25) is 0 Å². The van der Waals surface area contributed by atoms with Crippen molar-refractivity contribution in [1.82, 2.24) is 9.97 Å². The number of rotatable bonds is 4. The third kappa shape index (κ3) is 3.04. The fourth-order valence-corrected chi connectivity index (χ4v) is 3.61. The first kappa shape index (κ1) is 15.9. The normalized spacial score (nSPS) is 10.8. The molecule has 4 nitrogen and oxygen atoms in total. The van der Waals surface area contributed by atoms with Crippen molar-refractivity contribution in [2.45, 2.75) is 0 Å². The van der Waals surface area contributed by atoms with E-state index in [1.807, 2.05) is 48.5 Å². The minimum absolute atomic E-state index is 0.501. The van der Waals surface area contributed by atoms with Crippen molar-refractivity contribution in [3.63, 3.8) is 0 Å². The van der Waals surface area contributed by atoms with E-state index in [4.69, 9.17) is 21.1 Å². The molecule has 0 aliphatic rings. The molecule has 0 aliphatic carbocycles. The summed E-state index contributed by atoms with van der Waals surface area (Å²) in [6.45, 7) is 0. The molecular formula is C19H13ClN2O2S. The largest absolute Gasteiger partial charge is 0.493 e. The second-order valence-corrected chi connectivity index (χ2v) is 6.56. The van der Waals surface area contributed by atoms with Gasteiger partial charge in [-0.25, -0.2) is 9.97 Å². The van der Waals surface area contributed by atoms with Crippen LogP contribution in [0.4, 0.5) is 0 Å². The van der Waals surface area contributed by atoms with Crippen LogP contribution in [0.2, 0.25) is 5.02 Å². The number of hydrogen-bond acceptors (Lipinski definition) is 5. The Morgan fingerprint density at radius 3 is 2.48 bits per heavy atom. The molecule has 0 bridgehead atoms. The summed E-state index contributed by atoms with van der Waals surface area (Å²) in [4.78, 5) is 9.57. The molecule has 0 saturated carbocycles. The second kappa shape index (κ2) is 6.70. The van der Waals surface area contributed by atoms with E-state index >= 15 is 0 Å². The molecule has 124 valence electrons. The number of ether oxygens (including phenoxy) is 2. The Morgan fingerprint density at radius 2 is 1.72 bits per heavy atom. The van der Waals surface area contributed by atoms with E-state index in [1.165, 1.54) is 6.33 Å². The van der Waals surface area contributed by atoms with Gasteiger partial charge in [0.2, 0.25) is 5.88 Å². The predicted octanol–water partition coefficient (Wildman–Crippen LogP) is 5.81. The fourth-order valence-electron chi connectivity index (χ4n) is 2.57. The first-order valence-corrected chi connectivity index (χ1v) is 8.81. The molecule has 2 heterocycles. The molecule has 4 rings (SSSR count). The van der Waals surface area contributed by atoms with Crippen LogP contribution in [0.5, 0.6) is 17.4 Å². The molecule has 0 fully saturated rings. The maximum atomic E-state index is 6.06. The van der Waals surface area contributed by atoms with Gasteiger partial charge in [0.15, 0.2) is 11.5 Å². The van der Waals surface area contributed by atoms with Crippen molar-refractivity contribution in [2.24, 2.45) is 0 Å². The van der Waals surface area contributed by atoms with Gasteiger partial charge < -0.3 is 9.47 Å².